The van der Waals surface area contributed by atoms with Crippen LogP contribution in [0.15, 0.2) is 29.2 Å². The molecule has 2 rings (SSSR count). The molecule has 0 fully saturated rings. The Balaban J connectivity index is 2.70. The predicted octanol–water partition coefficient (Wildman–Crippen LogP) is 0.756. The summed E-state index contributed by atoms with van der Waals surface area (Å²) in [7, 11) is -3.20. The van der Waals surface area contributed by atoms with E-state index < -0.39 is 15.8 Å². The largest absolute Gasteiger partial charge is 0.303 e. The van der Waals surface area contributed by atoms with Crippen molar-refractivity contribution in [1.29, 1.82) is 0 Å². The van der Waals surface area contributed by atoms with Crippen molar-refractivity contribution in [3.63, 3.8) is 0 Å². The van der Waals surface area contributed by atoms with Crippen molar-refractivity contribution in [3.05, 3.63) is 29.8 Å². The van der Waals surface area contributed by atoms with E-state index in [1.54, 1.807) is 24.3 Å². The third kappa shape index (κ3) is 1.18. The Bertz CT molecular complexity index is 448. The molecule has 0 saturated heterocycles. The summed E-state index contributed by atoms with van der Waals surface area (Å²) >= 11 is 0. The van der Waals surface area contributed by atoms with Crippen LogP contribution in [0.1, 0.15) is 11.5 Å². The number of benzene rings is 1. The zero-order chi connectivity index (χ0) is 9.47. The number of sulfone groups is 1. The summed E-state index contributed by atoms with van der Waals surface area (Å²) in [6.07, 6.45) is 0.698. The monoisotopic (exact) mass is 196 g/mol. The van der Waals surface area contributed by atoms with Crippen molar-refractivity contribution in [2.24, 2.45) is 0 Å². The molecule has 0 spiro atoms. The molecule has 4 heteroatoms. The van der Waals surface area contributed by atoms with Gasteiger partial charge in [-0.05, 0) is 11.6 Å². The quantitative estimate of drug-likeness (QED) is 0.623. The third-order valence-electron chi connectivity index (χ3n) is 2.22. The lowest BCUT2D eigenvalue weighted by Gasteiger charge is -1.97. The molecule has 0 N–H and O–H groups in total. The highest BCUT2D eigenvalue weighted by Gasteiger charge is 2.33. The summed E-state index contributed by atoms with van der Waals surface area (Å²) in [5.74, 6) is -0.545. The topological polar surface area (TPSA) is 51.2 Å². The molecule has 1 aromatic rings. The van der Waals surface area contributed by atoms with Gasteiger partial charge in [0, 0.05) is 0 Å². The molecule has 1 aliphatic rings. The molecule has 3 nitrogen and oxygen atoms in total. The maximum Gasteiger partial charge on any atom is 0.179 e. The first-order valence-corrected chi connectivity index (χ1v) is 5.57. The van der Waals surface area contributed by atoms with Gasteiger partial charge in [0.25, 0.3) is 0 Å². The maximum atomic E-state index is 11.5. The maximum absolute atomic E-state index is 11.5. The van der Waals surface area contributed by atoms with Gasteiger partial charge in [-0.25, -0.2) is 8.42 Å². The molecular weight excluding hydrogens is 188 g/mol. The van der Waals surface area contributed by atoms with Crippen LogP contribution >= 0.6 is 0 Å². The fourth-order valence-corrected chi connectivity index (χ4v) is 3.37. The van der Waals surface area contributed by atoms with Gasteiger partial charge in [0.05, 0.1) is 16.6 Å². The summed E-state index contributed by atoms with van der Waals surface area (Å²) < 4.78 is 22.9. The van der Waals surface area contributed by atoms with Gasteiger partial charge in [0.2, 0.25) is 0 Å². The van der Waals surface area contributed by atoms with Crippen LogP contribution in [-0.2, 0) is 14.6 Å². The molecule has 1 aliphatic heterocycles. The minimum absolute atomic E-state index is 0.0736. The van der Waals surface area contributed by atoms with Crippen LogP contribution in [0.4, 0.5) is 0 Å². The number of carbonyl (C=O) groups is 1. The van der Waals surface area contributed by atoms with E-state index in [1.807, 2.05) is 0 Å². The highest BCUT2D eigenvalue weighted by Crippen LogP contribution is 2.32. The fourth-order valence-electron chi connectivity index (χ4n) is 1.60. The molecule has 0 bridgehead atoms. The highest BCUT2D eigenvalue weighted by atomic mass is 32.2. The average Bonchev–Trinajstić information content (AvgIpc) is 2.39. The normalized spacial score (nSPS) is 23.8. The van der Waals surface area contributed by atoms with Crippen LogP contribution in [0.5, 0.6) is 0 Å². The lowest BCUT2D eigenvalue weighted by Crippen LogP contribution is -2.03. The molecule has 0 aromatic heterocycles. The highest BCUT2D eigenvalue weighted by molar-refractivity contribution is 7.91. The van der Waals surface area contributed by atoms with Crippen molar-refractivity contribution in [2.45, 2.75) is 10.8 Å². The number of aldehydes is 1. The Kier molecular flexibility index (Phi) is 1.73. The first-order valence-electron chi connectivity index (χ1n) is 3.92. The number of hydrogen-bond donors (Lipinski definition) is 0. The van der Waals surface area contributed by atoms with Crippen LogP contribution in [-0.4, -0.2) is 20.5 Å². The van der Waals surface area contributed by atoms with Crippen molar-refractivity contribution in [1.82, 2.24) is 0 Å². The Morgan fingerprint density at radius 1 is 1.31 bits per heavy atom. The van der Waals surface area contributed by atoms with Crippen molar-refractivity contribution < 1.29 is 13.2 Å². The van der Waals surface area contributed by atoms with Gasteiger partial charge in [-0.3, -0.25) is 0 Å². The molecule has 1 heterocycles. The van der Waals surface area contributed by atoms with Crippen molar-refractivity contribution >= 4 is 16.1 Å². The summed E-state index contributed by atoms with van der Waals surface area (Å²) in [5, 5.41) is 0. The molecular formula is C9H8O3S. The second-order valence-corrected chi connectivity index (χ2v) is 5.06. The van der Waals surface area contributed by atoms with Crippen LogP contribution in [0.25, 0.3) is 0 Å². The van der Waals surface area contributed by atoms with E-state index >= 15 is 0 Å². The zero-order valence-electron chi connectivity index (χ0n) is 6.80. The number of hydrogen-bond acceptors (Lipinski definition) is 3. The van der Waals surface area contributed by atoms with E-state index in [0.717, 1.165) is 0 Å². The number of carbonyl (C=O) groups excluding carboxylic acids is 1. The summed E-state index contributed by atoms with van der Waals surface area (Å²) in [6.45, 7) is 0. The zero-order valence-corrected chi connectivity index (χ0v) is 7.62. The molecule has 0 aliphatic carbocycles. The Morgan fingerprint density at radius 2 is 2.00 bits per heavy atom. The van der Waals surface area contributed by atoms with Crippen LogP contribution in [0, 0.1) is 0 Å². The molecule has 1 atom stereocenters. The van der Waals surface area contributed by atoms with E-state index in [9.17, 15) is 13.2 Å². The number of rotatable bonds is 1. The second kappa shape index (κ2) is 2.67. The molecule has 0 saturated carbocycles. The van der Waals surface area contributed by atoms with Crippen LogP contribution in [0.2, 0.25) is 0 Å². The van der Waals surface area contributed by atoms with Gasteiger partial charge in [0.15, 0.2) is 9.84 Å². The molecule has 0 amide bonds. The summed E-state index contributed by atoms with van der Waals surface area (Å²) in [5.41, 5.74) is 0.637. The van der Waals surface area contributed by atoms with Gasteiger partial charge in [0.1, 0.15) is 6.29 Å². The average molecular weight is 196 g/mol. The SMILES string of the molecule is O=CC1CS(=O)(=O)c2ccccc21. The molecule has 1 unspecified atom stereocenters. The van der Waals surface area contributed by atoms with Gasteiger partial charge in [-0.2, -0.15) is 0 Å². The van der Waals surface area contributed by atoms with E-state index in [0.29, 0.717) is 16.7 Å². The minimum Gasteiger partial charge on any atom is -0.303 e. The molecule has 1 aromatic carbocycles. The third-order valence-corrected chi connectivity index (χ3v) is 4.06. The molecule has 68 valence electrons. The van der Waals surface area contributed by atoms with E-state index in [1.165, 1.54) is 0 Å². The van der Waals surface area contributed by atoms with E-state index in [2.05, 4.69) is 0 Å². The molecule has 13 heavy (non-hydrogen) atoms. The Labute approximate surface area is 76.3 Å². The van der Waals surface area contributed by atoms with Crippen LogP contribution in [0.3, 0.4) is 0 Å². The van der Waals surface area contributed by atoms with Gasteiger partial charge < -0.3 is 4.79 Å². The Morgan fingerprint density at radius 3 is 2.69 bits per heavy atom. The van der Waals surface area contributed by atoms with E-state index in [4.69, 9.17) is 0 Å². The first-order chi connectivity index (χ1) is 6.15. The van der Waals surface area contributed by atoms with Crippen molar-refractivity contribution in [2.75, 3.05) is 5.75 Å². The predicted molar refractivity (Wildman–Crippen MR) is 47.3 cm³/mol. The summed E-state index contributed by atoms with van der Waals surface area (Å²) in [6, 6.07) is 6.66. The smallest absolute Gasteiger partial charge is 0.179 e. The Hall–Kier alpha value is -1.16. The van der Waals surface area contributed by atoms with Gasteiger partial charge >= 0.3 is 0 Å². The number of fused-ring (bicyclic) bond motifs is 1. The van der Waals surface area contributed by atoms with Gasteiger partial charge in [-0.1, -0.05) is 18.2 Å². The minimum atomic E-state index is -3.20. The lowest BCUT2D eigenvalue weighted by molar-refractivity contribution is -0.108. The second-order valence-electron chi connectivity index (χ2n) is 3.06. The van der Waals surface area contributed by atoms with Crippen molar-refractivity contribution in [3.8, 4) is 0 Å². The lowest BCUT2D eigenvalue weighted by atomic mass is 10.0. The molecule has 0 radical (unpaired) electrons. The standard InChI is InChI=1S/C9H8O3S/c10-5-7-6-13(11,12)9-4-2-1-3-8(7)9/h1-5,7H,6H2. The van der Waals surface area contributed by atoms with E-state index in [-0.39, 0.29) is 5.75 Å². The fraction of sp³-hybridized carbons (Fsp3) is 0.222. The first kappa shape index (κ1) is 8.44. The van der Waals surface area contributed by atoms with Gasteiger partial charge in [-0.15, -0.1) is 0 Å². The summed E-state index contributed by atoms with van der Waals surface area (Å²) in [4.78, 5) is 10.9. The van der Waals surface area contributed by atoms with Crippen LogP contribution < -0.4 is 0 Å².